The number of pyridine rings is 1. The Labute approximate surface area is 146 Å². The molecule has 0 saturated heterocycles. The number of nitriles is 1. The second-order valence-corrected chi connectivity index (χ2v) is 5.43. The van der Waals surface area contributed by atoms with E-state index in [0.717, 1.165) is 11.3 Å². The Hall–Kier alpha value is -3.65. The minimum absolute atomic E-state index is 0.116. The van der Waals surface area contributed by atoms with Gasteiger partial charge in [0.25, 0.3) is 0 Å². The molecule has 0 atom stereocenters. The van der Waals surface area contributed by atoms with E-state index in [9.17, 15) is 4.79 Å². The van der Waals surface area contributed by atoms with E-state index in [4.69, 9.17) is 5.26 Å². The van der Waals surface area contributed by atoms with Gasteiger partial charge >= 0.3 is 0 Å². The van der Waals surface area contributed by atoms with Gasteiger partial charge in [-0.05, 0) is 29.8 Å². The van der Waals surface area contributed by atoms with Crippen molar-refractivity contribution in [1.29, 1.82) is 5.26 Å². The van der Waals surface area contributed by atoms with E-state index >= 15 is 0 Å². The first-order valence-electron chi connectivity index (χ1n) is 7.80. The first-order valence-corrected chi connectivity index (χ1v) is 7.80. The highest BCUT2D eigenvalue weighted by Crippen LogP contribution is 2.20. The van der Waals surface area contributed by atoms with Crippen LogP contribution in [0.15, 0.2) is 72.9 Å². The number of nitrogens with one attached hydrogen (secondary N) is 2. The van der Waals surface area contributed by atoms with Gasteiger partial charge in [-0.3, -0.25) is 4.79 Å². The van der Waals surface area contributed by atoms with Crippen molar-refractivity contribution in [2.75, 3.05) is 10.6 Å². The molecule has 0 aliphatic rings. The predicted molar refractivity (Wildman–Crippen MR) is 97.5 cm³/mol. The highest BCUT2D eigenvalue weighted by Gasteiger charge is 2.06. The lowest BCUT2D eigenvalue weighted by Gasteiger charge is -2.09. The number of carbonyl (C=O) groups excluding carboxylic acids is 1. The molecule has 5 nitrogen and oxygen atoms in total. The number of para-hydroxylation sites is 1. The predicted octanol–water partition coefficient (Wildman–Crippen LogP) is 3.88. The number of anilines is 3. The minimum Gasteiger partial charge on any atom is -0.353 e. The van der Waals surface area contributed by atoms with E-state index in [1.165, 1.54) is 0 Å². The zero-order chi connectivity index (χ0) is 17.5. The maximum atomic E-state index is 12.0. The third-order valence-electron chi connectivity index (χ3n) is 3.57. The zero-order valence-corrected chi connectivity index (χ0v) is 13.4. The molecule has 25 heavy (non-hydrogen) atoms. The molecule has 5 heteroatoms. The van der Waals surface area contributed by atoms with Crippen LogP contribution in [-0.2, 0) is 11.2 Å². The summed E-state index contributed by atoms with van der Waals surface area (Å²) < 4.78 is 0. The summed E-state index contributed by atoms with van der Waals surface area (Å²) in [6, 6.07) is 22.4. The lowest BCUT2D eigenvalue weighted by molar-refractivity contribution is -0.115. The van der Waals surface area contributed by atoms with Gasteiger partial charge in [-0.25, -0.2) is 4.98 Å². The minimum atomic E-state index is -0.116. The van der Waals surface area contributed by atoms with Gasteiger partial charge in [0, 0.05) is 0 Å². The Balaban J connectivity index is 1.62. The van der Waals surface area contributed by atoms with Gasteiger partial charge < -0.3 is 10.6 Å². The third-order valence-corrected chi connectivity index (χ3v) is 3.57. The Bertz CT molecular complexity index is 899. The van der Waals surface area contributed by atoms with Gasteiger partial charge in [-0.15, -0.1) is 0 Å². The second kappa shape index (κ2) is 7.75. The van der Waals surface area contributed by atoms with Gasteiger partial charge in [0.2, 0.25) is 5.91 Å². The van der Waals surface area contributed by atoms with Crippen molar-refractivity contribution in [2.24, 2.45) is 0 Å². The number of benzene rings is 2. The number of rotatable bonds is 5. The van der Waals surface area contributed by atoms with Gasteiger partial charge in [-0.2, -0.15) is 5.26 Å². The van der Waals surface area contributed by atoms with Crippen molar-refractivity contribution < 1.29 is 4.79 Å². The van der Waals surface area contributed by atoms with Crippen molar-refractivity contribution in [3.63, 3.8) is 0 Å². The molecule has 122 valence electrons. The fourth-order valence-corrected chi connectivity index (χ4v) is 2.36. The molecule has 0 unspecified atom stereocenters. The molecule has 3 rings (SSSR count). The van der Waals surface area contributed by atoms with Crippen LogP contribution in [0.1, 0.15) is 11.1 Å². The summed E-state index contributed by atoms with van der Waals surface area (Å²) in [6.45, 7) is 0. The molecule has 1 amide bonds. The SMILES string of the molecule is N#Cc1ccccc1Nc1ccc(NC(=O)Cc2ccccc2)nc1. The number of amides is 1. The van der Waals surface area contributed by atoms with Crippen molar-refractivity contribution in [2.45, 2.75) is 6.42 Å². The molecule has 2 aromatic carbocycles. The third kappa shape index (κ3) is 4.43. The number of hydrogen-bond acceptors (Lipinski definition) is 4. The van der Waals surface area contributed by atoms with Crippen molar-refractivity contribution in [3.05, 3.63) is 84.1 Å². The van der Waals surface area contributed by atoms with E-state index in [2.05, 4.69) is 21.7 Å². The molecule has 0 bridgehead atoms. The standard InChI is InChI=1S/C20H16N4O/c21-13-16-8-4-5-9-18(16)23-17-10-11-19(22-14-17)24-20(25)12-15-6-2-1-3-7-15/h1-11,14,23H,12H2,(H,22,24,25). The van der Waals surface area contributed by atoms with Crippen molar-refractivity contribution in [3.8, 4) is 6.07 Å². The Morgan fingerprint density at radius 1 is 1.00 bits per heavy atom. The van der Waals surface area contributed by atoms with Crippen LogP contribution in [0.5, 0.6) is 0 Å². The first-order chi connectivity index (χ1) is 12.2. The monoisotopic (exact) mass is 328 g/mol. The lowest BCUT2D eigenvalue weighted by Crippen LogP contribution is -2.15. The molecule has 0 fully saturated rings. The summed E-state index contributed by atoms with van der Waals surface area (Å²) in [5.74, 6) is 0.370. The molecular weight excluding hydrogens is 312 g/mol. The van der Waals surface area contributed by atoms with Crippen molar-refractivity contribution >= 4 is 23.1 Å². The fraction of sp³-hybridized carbons (Fsp3) is 0.0500. The quantitative estimate of drug-likeness (QED) is 0.745. The average molecular weight is 328 g/mol. The van der Waals surface area contributed by atoms with E-state index < -0.39 is 0 Å². The van der Waals surface area contributed by atoms with E-state index in [-0.39, 0.29) is 5.91 Å². The summed E-state index contributed by atoms with van der Waals surface area (Å²) in [7, 11) is 0. The van der Waals surface area contributed by atoms with E-state index in [1.807, 2.05) is 48.5 Å². The Morgan fingerprint density at radius 2 is 1.76 bits per heavy atom. The number of carbonyl (C=O) groups is 1. The molecule has 2 N–H and O–H groups in total. The summed E-state index contributed by atoms with van der Waals surface area (Å²) in [5.41, 5.74) is 2.96. The van der Waals surface area contributed by atoms with Gasteiger partial charge in [-0.1, -0.05) is 42.5 Å². The topological polar surface area (TPSA) is 77.8 Å². The molecule has 0 aliphatic heterocycles. The Kier molecular flexibility index (Phi) is 5.03. The lowest BCUT2D eigenvalue weighted by atomic mass is 10.1. The summed E-state index contributed by atoms with van der Waals surface area (Å²) in [5, 5.41) is 15.0. The van der Waals surface area contributed by atoms with Crippen LogP contribution in [-0.4, -0.2) is 10.9 Å². The highest BCUT2D eigenvalue weighted by molar-refractivity contribution is 5.91. The van der Waals surface area contributed by atoms with E-state index in [1.54, 1.807) is 24.4 Å². The van der Waals surface area contributed by atoms with Crippen LogP contribution in [0, 0.1) is 11.3 Å². The van der Waals surface area contributed by atoms with Crippen LogP contribution in [0.25, 0.3) is 0 Å². The summed E-state index contributed by atoms with van der Waals surface area (Å²) in [4.78, 5) is 16.3. The second-order valence-electron chi connectivity index (χ2n) is 5.43. The number of nitrogens with zero attached hydrogens (tertiary/aromatic N) is 2. The average Bonchev–Trinajstić information content (AvgIpc) is 2.64. The maximum absolute atomic E-state index is 12.0. The van der Waals surface area contributed by atoms with Gasteiger partial charge in [0.05, 0.1) is 29.6 Å². The van der Waals surface area contributed by atoms with Gasteiger partial charge in [0.15, 0.2) is 0 Å². The van der Waals surface area contributed by atoms with Gasteiger partial charge in [0.1, 0.15) is 11.9 Å². The highest BCUT2D eigenvalue weighted by atomic mass is 16.1. The maximum Gasteiger partial charge on any atom is 0.229 e. The van der Waals surface area contributed by atoms with Crippen LogP contribution >= 0.6 is 0 Å². The van der Waals surface area contributed by atoms with Crippen LogP contribution < -0.4 is 10.6 Å². The largest absolute Gasteiger partial charge is 0.353 e. The van der Waals surface area contributed by atoms with Crippen molar-refractivity contribution in [1.82, 2.24) is 4.98 Å². The summed E-state index contributed by atoms with van der Waals surface area (Å²) in [6.07, 6.45) is 1.92. The molecule has 0 spiro atoms. The zero-order valence-electron chi connectivity index (χ0n) is 13.4. The molecule has 0 radical (unpaired) electrons. The number of hydrogen-bond donors (Lipinski definition) is 2. The Morgan fingerprint density at radius 3 is 2.48 bits per heavy atom. The number of aromatic nitrogens is 1. The molecule has 3 aromatic rings. The molecular formula is C20H16N4O. The first kappa shape index (κ1) is 16.2. The normalized spacial score (nSPS) is 9.88. The van der Waals surface area contributed by atoms with Crippen LogP contribution in [0.3, 0.4) is 0 Å². The van der Waals surface area contributed by atoms with Crippen LogP contribution in [0.2, 0.25) is 0 Å². The fourth-order valence-electron chi connectivity index (χ4n) is 2.36. The summed E-state index contributed by atoms with van der Waals surface area (Å²) >= 11 is 0. The van der Waals surface area contributed by atoms with Crippen LogP contribution in [0.4, 0.5) is 17.2 Å². The smallest absolute Gasteiger partial charge is 0.229 e. The molecule has 0 aliphatic carbocycles. The van der Waals surface area contributed by atoms with E-state index in [0.29, 0.717) is 23.5 Å². The molecule has 1 heterocycles. The molecule has 1 aromatic heterocycles. The molecule has 0 saturated carbocycles.